The van der Waals surface area contributed by atoms with Gasteiger partial charge in [-0.1, -0.05) is 41.4 Å². The first-order chi connectivity index (χ1) is 16.6. The van der Waals surface area contributed by atoms with Gasteiger partial charge in [-0.05, 0) is 44.5 Å². The van der Waals surface area contributed by atoms with E-state index in [0.29, 0.717) is 40.1 Å². The number of carbonyl (C=O) groups excluding carboxylic acids is 1. The molecule has 7 nitrogen and oxygen atoms in total. The monoisotopic (exact) mass is 512 g/mol. The molecule has 1 N–H and O–H groups in total. The number of aromatic nitrogens is 3. The number of benzene rings is 2. The molecule has 1 unspecified atom stereocenters. The second-order valence-electron chi connectivity index (χ2n) is 8.79. The van der Waals surface area contributed by atoms with E-state index in [2.05, 4.69) is 10.4 Å². The van der Waals surface area contributed by atoms with Crippen LogP contribution in [0.15, 0.2) is 48.5 Å². The van der Waals surface area contributed by atoms with Gasteiger partial charge < -0.3 is 5.32 Å². The predicted molar refractivity (Wildman–Crippen MR) is 134 cm³/mol. The number of pyridine rings is 1. The molecule has 0 bridgehead atoms. The Labute approximate surface area is 206 Å². The fourth-order valence-electron chi connectivity index (χ4n) is 4.36. The molecular weight excluding hydrogens is 491 g/mol. The molecule has 3 heterocycles. The van der Waals surface area contributed by atoms with Crippen molar-refractivity contribution < 1.29 is 17.6 Å². The van der Waals surface area contributed by atoms with Gasteiger partial charge in [0.05, 0.1) is 44.9 Å². The van der Waals surface area contributed by atoms with Crippen molar-refractivity contribution in [3.63, 3.8) is 0 Å². The Bertz CT molecular complexity index is 1580. The van der Waals surface area contributed by atoms with E-state index in [0.717, 1.165) is 11.1 Å². The molecule has 1 aliphatic rings. The smallest absolute Gasteiger partial charge is 0.256 e. The number of hydrogen-bond donors (Lipinski definition) is 1. The normalized spacial score (nSPS) is 17.1. The van der Waals surface area contributed by atoms with E-state index >= 15 is 0 Å². The average molecular weight is 513 g/mol. The number of nitrogens with one attached hydrogen (secondary N) is 1. The first-order valence-electron chi connectivity index (χ1n) is 11.0. The third-order valence-corrected chi connectivity index (χ3v) is 8.20. The molecular formula is C25H22ClFN4O3S. The van der Waals surface area contributed by atoms with Crippen LogP contribution in [-0.2, 0) is 9.84 Å². The number of sulfone groups is 1. The lowest BCUT2D eigenvalue weighted by molar-refractivity contribution is 0.102. The number of carbonyl (C=O) groups is 1. The summed E-state index contributed by atoms with van der Waals surface area (Å²) in [6.45, 7) is 3.74. The van der Waals surface area contributed by atoms with Crippen molar-refractivity contribution in [2.45, 2.75) is 26.3 Å². The first kappa shape index (κ1) is 23.4. The molecule has 1 atom stereocenters. The third kappa shape index (κ3) is 4.53. The summed E-state index contributed by atoms with van der Waals surface area (Å²) in [6.07, 6.45) is 0.435. The zero-order valence-corrected chi connectivity index (χ0v) is 20.6. The highest BCUT2D eigenvalue weighted by Gasteiger charge is 2.32. The van der Waals surface area contributed by atoms with Gasteiger partial charge in [0.1, 0.15) is 5.82 Å². The molecule has 2 aromatic heterocycles. The Morgan fingerprint density at radius 2 is 1.89 bits per heavy atom. The second kappa shape index (κ2) is 8.73. The number of hydrogen-bond acceptors (Lipinski definition) is 5. The lowest BCUT2D eigenvalue weighted by Gasteiger charge is -2.13. The van der Waals surface area contributed by atoms with Gasteiger partial charge in [-0.25, -0.2) is 22.5 Å². The molecule has 10 heteroatoms. The standard InChI is InChI=1S/C25H22ClFN4O3S/c1-14-3-5-16(6-4-14)22-12-19(25(32)28-17-7-8-21(27)20(26)11-17)23-15(2)30-31(24(23)29-22)18-9-10-35(33,34)13-18/h3-8,11-12,18H,9-10,13H2,1-2H3,(H,28,32). The molecule has 2 aromatic carbocycles. The molecule has 4 aromatic rings. The van der Waals surface area contributed by atoms with E-state index in [9.17, 15) is 17.6 Å². The van der Waals surface area contributed by atoms with Gasteiger partial charge in [-0.3, -0.25) is 4.79 Å². The maximum Gasteiger partial charge on any atom is 0.256 e. The number of aryl methyl sites for hydroxylation is 2. The summed E-state index contributed by atoms with van der Waals surface area (Å²) in [5, 5.41) is 7.81. The molecule has 35 heavy (non-hydrogen) atoms. The van der Waals surface area contributed by atoms with E-state index in [-0.39, 0.29) is 22.6 Å². The Morgan fingerprint density at radius 1 is 1.14 bits per heavy atom. The molecule has 1 fully saturated rings. The van der Waals surface area contributed by atoms with Gasteiger partial charge in [0, 0.05) is 11.3 Å². The van der Waals surface area contributed by atoms with E-state index in [1.54, 1.807) is 17.7 Å². The lowest BCUT2D eigenvalue weighted by atomic mass is 10.0. The van der Waals surface area contributed by atoms with Crippen molar-refractivity contribution >= 4 is 44.1 Å². The Hall–Kier alpha value is -3.30. The van der Waals surface area contributed by atoms with Crippen LogP contribution in [0.1, 0.15) is 34.1 Å². The van der Waals surface area contributed by atoms with Crippen molar-refractivity contribution in [2.75, 3.05) is 16.8 Å². The van der Waals surface area contributed by atoms with Crippen LogP contribution >= 0.6 is 11.6 Å². The minimum atomic E-state index is -3.16. The van der Waals surface area contributed by atoms with Gasteiger partial charge in [0.15, 0.2) is 15.5 Å². The first-order valence-corrected chi connectivity index (χ1v) is 13.2. The summed E-state index contributed by atoms with van der Waals surface area (Å²) in [5.41, 5.74) is 4.13. The summed E-state index contributed by atoms with van der Waals surface area (Å²) in [6, 6.07) is 13.0. The van der Waals surface area contributed by atoms with Crippen LogP contribution in [0.4, 0.5) is 10.1 Å². The highest BCUT2D eigenvalue weighted by molar-refractivity contribution is 7.91. The zero-order valence-electron chi connectivity index (χ0n) is 19.0. The molecule has 0 aliphatic carbocycles. The number of amides is 1. The van der Waals surface area contributed by atoms with Crippen LogP contribution in [0.3, 0.4) is 0 Å². The average Bonchev–Trinajstić information content (AvgIpc) is 3.35. The van der Waals surface area contributed by atoms with Crippen LogP contribution < -0.4 is 5.32 Å². The Morgan fingerprint density at radius 3 is 2.54 bits per heavy atom. The van der Waals surface area contributed by atoms with Gasteiger partial charge in [0.25, 0.3) is 5.91 Å². The molecule has 0 saturated carbocycles. The van der Waals surface area contributed by atoms with Gasteiger partial charge >= 0.3 is 0 Å². The van der Waals surface area contributed by atoms with Crippen LogP contribution in [0.5, 0.6) is 0 Å². The van der Waals surface area contributed by atoms with Crippen molar-refractivity contribution in [2.24, 2.45) is 0 Å². The van der Waals surface area contributed by atoms with Crippen LogP contribution in [-0.4, -0.2) is 40.6 Å². The van der Waals surface area contributed by atoms with E-state index in [1.165, 1.54) is 18.2 Å². The molecule has 1 saturated heterocycles. The SMILES string of the molecule is Cc1ccc(-c2cc(C(=O)Nc3ccc(F)c(Cl)c3)c3c(C)nn(C4CCS(=O)(=O)C4)c3n2)cc1. The van der Waals surface area contributed by atoms with E-state index < -0.39 is 21.6 Å². The maximum absolute atomic E-state index is 13.6. The van der Waals surface area contributed by atoms with Crippen molar-refractivity contribution in [1.29, 1.82) is 0 Å². The largest absolute Gasteiger partial charge is 0.322 e. The molecule has 0 spiro atoms. The highest BCUT2D eigenvalue weighted by atomic mass is 35.5. The minimum absolute atomic E-state index is 0.0186. The maximum atomic E-state index is 13.6. The van der Waals surface area contributed by atoms with Crippen molar-refractivity contribution in [3.8, 4) is 11.3 Å². The third-order valence-electron chi connectivity index (χ3n) is 6.16. The summed E-state index contributed by atoms with van der Waals surface area (Å²) in [5.74, 6) is -0.944. The molecule has 1 aliphatic heterocycles. The Balaban J connectivity index is 1.67. The van der Waals surface area contributed by atoms with Gasteiger partial charge in [-0.2, -0.15) is 5.10 Å². The number of fused-ring (bicyclic) bond motifs is 1. The number of nitrogens with zero attached hydrogens (tertiary/aromatic N) is 3. The molecule has 0 radical (unpaired) electrons. The second-order valence-corrected chi connectivity index (χ2v) is 11.4. The van der Waals surface area contributed by atoms with Gasteiger partial charge in [-0.15, -0.1) is 0 Å². The zero-order chi connectivity index (χ0) is 24.9. The number of rotatable bonds is 4. The van der Waals surface area contributed by atoms with Crippen LogP contribution in [0.25, 0.3) is 22.3 Å². The minimum Gasteiger partial charge on any atom is -0.322 e. The summed E-state index contributed by atoms with van der Waals surface area (Å²) < 4.78 is 39.5. The molecule has 1 amide bonds. The Kier molecular flexibility index (Phi) is 5.85. The fourth-order valence-corrected chi connectivity index (χ4v) is 6.23. The predicted octanol–water partition coefficient (Wildman–Crippen LogP) is 5.12. The van der Waals surface area contributed by atoms with Crippen molar-refractivity contribution in [1.82, 2.24) is 14.8 Å². The summed E-state index contributed by atoms with van der Waals surface area (Å²) in [4.78, 5) is 18.3. The lowest BCUT2D eigenvalue weighted by Crippen LogP contribution is -2.15. The fraction of sp³-hybridized carbons (Fsp3) is 0.240. The van der Waals surface area contributed by atoms with Crippen LogP contribution in [0.2, 0.25) is 5.02 Å². The quantitative estimate of drug-likeness (QED) is 0.409. The van der Waals surface area contributed by atoms with Crippen LogP contribution in [0, 0.1) is 19.7 Å². The molecule has 180 valence electrons. The topological polar surface area (TPSA) is 94.0 Å². The number of anilines is 1. The van der Waals surface area contributed by atoms with Crippen molar-refractivity contribution in [3.05, 3.63) is 76.2 Å². The summed E-state index contributed by atoms with van der Waals surface area (Å²) >= 11 is 5.88. The summed E-state index contributed by atoms with van der Waals surface area (Å²) in [7, 11) is -3.16. The van der Waals surface area contributed by atoms with E-state index in [4.69, 9.17) is 16.6 Å². The molecule has 5 rings (SSSR count). The number of halogens is 2. The highest BCUT2D eigenvalue weighted by Crippen LogP contribution is 2.32. The van der Waals surface area contributed by atoms with Gasteiger partial charge in [0.2, 0.25) is 0 Å². The van der Waals surface area contributed by atoms with E-state index in [1.807, 2.05) is 31.2 Å².